The number of benzene rings is 1. The van der Waals surface area contributed by atoms with Crippen LogP contribution >= 0.6 is 0 Å². The van der Waals surface area contributed by atoms with E-state index in [0.29, 0.717) is 13.0 Å². The first-order valence-electron chi connectivity index (χ1n) is 8.90. The molecule has 1 aromatic carbocycles. The molecule has 0 aromatic heterocycles. The summed E-state index contributed by atoms with van der Waals surface area (Å²) in [5, 5.41) is 12.9. The zero-order chi connectivity index (χ0) is 17.1. The van der Waals surface area contributed by atoms with Gasteiger partial charge in [0, 0.05) is 18.8 Å². The van der Waals surface area contributed by atoms with Gasteiger partial charge in [0.2, 0.25) is 11.8 Å². The van der Waals surface area contributed by atoms with Gasteiger partial charge in [0.1, 0.15) is 5.92 Å². The van der Waals surface area contributed by atoms with Crippen LogP contribution in [0, 0.1) is 18.8 Å². The molecular weight excluding hydrogens is 304 g/mol. The maximum atomic E-state index is 12.5. The van der Waals surface area contributed by atoms with E-state index in [1.165, 1.54) is 0 Å². The smallest absolute Gasteiger partial charge is 0.239 e. The van der Waals surface area contributed by atoms with Gasteiger partial charge in [-0.1, -0.05) is 30.5 Å². The van der Waals surface area contributed by atoms with Crippen LogP contribution in [0.4, 0.5) is 5.69 Å². The lowest BCUT2D eigenvalue weighted by atomic mass is 10.0. The summed E-state index contributed by atoms with van der Waals surface area (Å²) in [4.78, 5) is 26.5. The molecule has 24 heavy (non-hydrogen) atoms. The predicted molar refractivity (Wildman–Crippen MR) is 92.6 cm³/mol. The summed E-state index contributed by atoms with van der Waals surface area (Å²) in [6, 6.07) is 7.76. The molecular formula is C19H26N2O3. The van der Waals surface area contributed by atoms with E-state index in [-0.39, 0.29) is 24.3 Å². The summed E-state index contributed by atoms with van der Waals surface area (Å²) in [7, 11) is 0. The minimum Gasteiger partial charge on any atom is -0.391 e. The molecule has 2 amide bonds. The third-order valence-corrected chi connectivity index (χ3v) is 5.30. The molecule has 2 aliphatic rings. The van der Waals surface area contributed by atoms with Crippen LogP contribution in [0.3, 0.4) is 0 Å². The van der Waals surface area contributed by atoms with E-state index < -0.39 is 12.0 Å². The Morgan fingerprint density at radius 1 is 1.25 bits per heavy atom. The zero-order valence-electron chi connectivity index (χ0n) is 14.2. The van der Waals surface area contributed by atoms with Crippen LogP contribution < -0.4 is 10.2 Å². The van der Waals surface area contributed by atoms with Crippen molar-refractivity contribution in [3.05, 3.63) is 29.8 Å². The van der Waals surface area contributed by atoms with Crippen molar-refractivity contribution in [1.29, 1.82) is 0 Å². The van der Waals surface area contributed by atoms with Crippen molar-refractivity contribution in [2.45, 2.75) is 45.1 Å². The predicted octanol–water partition coefficient (Wildman–Crippen LogP) is 2.02. The second-order valence-corrected chi connectivity index (χ2v) is 7.02. The molecule has 5 heteroatoms. The molecule has 1 heterocycles. The van der Waals surface area contributed by atoms with Crippen LogP contribution in [-0.2, 0) is 9.59 Å². The summed E-state index contributed by atoms with van der Waals surface area (Å²) in [6.07, 6.45) is 4.39. The molecule has 2 N–H and O–H groups in total. The molecule has 1 aliphatic carbocycles. The van der Waals surface area contributed by atoms with Gasteiger partial charge in [-0.05, 0) is 44.2 Å². The average Bonchev–Trinajstić information content (AvgIpc) is 3.23. The van der Waals surface area contributed by atoms with Crippen LogP contribution in [0.1, 0.15) is 37.7 Å². The molecule has 1 aromatic rings. The normalized spacial score (nSPS) is 22.8. The van der Waals surface area contributed by atoms with Crippen molar-refractivity contribution < 1.29 is 14.7 Å². The van der Waals surface area contributed by atoms with Gasteiger partial charge in [0.25, 0.3) is 0 Å². The first-order valence-corrected chi connectivity index (χ1v) is 8.90. The lowest BCUT2D eigenvalue weighted by Crippen LogP contribution is -2.41. The van der Waals surface area contributed by atoms with Crippen LogP contribution in [0.15, 0.2) is 24.3 Å². The maximum Gasteiger partial charge on any atom is 0.239 e. The molecule has 1 aliphatic heterocycles. The van der Waals surface area contributed by atoms with Crippen molar-refractivity contribution in [3.8, 4) is 0 Å². The molecule has 130 valence electrons. The number of rotatable bonds is 5. The highest BCUT2D eigenvalue weighted by Gasteiger charge is 2.37. The van der Waals surface area contributed by atoms with E-state index in [9.17, 15) is 14.7 Å². The molecule has 1 saturated carbocycles. The average molecular weight is 330 g/mol. The van der Waals surface area contributed by atoms with E-state index in [1.807, 2.05) is 31.2 Å². The van der Waals surface area contributed by atoms with Crippen LogP contribution in [-0.4, -0.2) is 36.1 Å². The van der Waals surface area contributed by atoms with Gasteiger partial charge in [-0.15, -0.1) is 0 Å². The van der Waals surface area contributed by atoms with Gasteiger partial charge in [-0.3, -0.25) is 9.59 Å². The number of carbonyl (C=O) groups is 2. The Labute approximate surface area is 143 Å². The summed E-state index contributed by atoms with van der Waals surface area (Å²) in [5.41, 5.74) is 1.98. The van der Waals surface area contributed by atoms with Crippen LogP contribution in [0.25, 0.3) is 0 Å². The van der Waals surface area contributed by atoms with Crippen LogP contribution in [0.5, 0.6) is 0 Å². The third-order valence-electron chi connectivity index (χ3n) is 5.30. The second-order valence-electron chi connectivity index (χ2n) is 7.02. The standard InChI is InChI=1S/C19H26N2O3/c1-13-6-8-15(9-7-13)21-11-10-16(19(21)24)18(23)20-12-17(22)14-4-2-3-5-14/h6-9,14,16-17,22H,2-5,10-12H2,1H3,(H,20,23). The summed E-state index contributed by atoms with van der Waals surface area (Å²) in [6.45, 7) is 2.81. The van der Waals surface area contributed by atoms with Crippen molar-refractivity contribution in [1.82, 2.24) is 5.32 Å². The van der Waals surface area contributed by atoms with Gasteiger partial charge in [-0.2, -0.15) is 0 Å². The Kier molecular flexibility index (Phi) is 5.19. The Balaban J connectivity index is 1.54. The highest BCUT2D eigenvalue weighted by Crippen LogP contribution is 2.28. The number of hydrogen-bond acceptors (Lipinski definition) is 3. The number of nitrogens with zero attached hydrogens (tertiary/aromatic N) is 1. The topological polar surface area (TPSA) is 69.6 Å². The highest BCUT2D eigenvalue weighted by molar-refractivity contribution is 6.09. The number of carbonyl (C=O) groups excluding carboxylic acids is 2. The molecule has 0 radical (unpaired) electrons. The number of nitrogens with one attached hydrogen (secondary N) is 1. The number of hydrogen-bond donors (Lipinski definition) is 2. The van der Waals surface area contributed by atoms with Gasteiger partial charge in [0.05, 0.1) is 6.10 Å². The van der Waals surface area contributed by atoms with Crippen LogP contribution in [0.2, 0.25) is 0 Å². The molecule has 2 unspecified atom stereocenters. The van der Waals surface area contributed by atoms with Gasteiger partial charge < -0.3 is 15.3 Å². The SMILES string of the molecule is Cc1ccc(N2CCC(C(=O)NCC(O)C3CCCC3)C2=O)cc1. The van der Waals surface area contributed by atoms with Gasteiger partial charge in [-0.25, -0.2) is 0 Å². The van der Waals surface area contributed by atoms with Gasteiger partial charge in [0.15, 0.2) is 0 Å². The quantitative estimate of drug-likeness (QED) is 0.812. The number of aryl methyl sites for hydroxylation is 1. The van der Waals surface area contributed by atoms with Crippen molar-refractivity contribution >= 4 is 17.5 Å². The summed E-state index contributed by atoms with van der Waals surface area (Å²) < 4.78 is 0. The van der Waals surface area contributed by atoms with E-state index in [1.54, 1.807) is 4.90 Å². The molecule has 0 spiro atoms. The number of aliphatic hydroxyl groups is 1. The van der Waals surface area contributed by atoms with Crippen molar-refractivity contribution in [2.75, 3.05) is 18.0 Å². The maximum absolute atomic E-state index is 12.5. The van der Waals surface area contributed by atoms with Gasteiger partial charge >= 0.3 is 0 Å². The van der Waals surface area contributed by atoms with Crippen molar-refractivity contribution in [3.63, 3.8) is 0 Å². The minimum atomic E-state index is -0.637. The molecule has 2 atom stereocenters. The Morgan fingerprint density at radius 3 is 2.58 bits per heavy atom. The molecule has 1 saturated heterocycles. The lowest BCUT2D eigenvalue weighted by Gasteiger charge is -2.20. The monoisotopic (exact) mass is 330 g/mol. The fourth-order valence-corrected chi connectivity index (χ4v) is 3.74. The van der Waals surface area contributed by atoms with Crippen molar-refractivity contribution in [2.24, 2.45) is 11.8 Å². The molecule has 3 rings (SSSR count). The molecule has 0 bridgehead atoms. The zero-order valence-corrected chi connectivity index (χ0v) is 14.2. The summed E-state index contributed by atoms with van der Waals surface area (Å²) >= 11 is 0. The lowest BCUT2D eigenvalue weighted by molar-refractivity contribution is -0.132. The summed E-state index contributed by atoms with van der Waals surface area (Å²) in [5.74, 6) is -0.755. The second kappa shape index (κ2) is 7.34. The van der Waals surface area contributed by atoms with E-state index >= 15 is 0 Å². The molecule has 2 fully saturated rings. The first kappa shape index (κ1) is 17.0. The Hall–Kier alpha value is -1.88. The number of amides is 2. The fraction of sp³-hybridized carbons (Fsp3) is 0.579. The Morgan fingerprint density at radius 2 is 1.92 bits per heavy atom. The third kappa shape index (κ3) is 3.61. The minimum absolute atomic E-state index is 0.147. The Bertz CT molecular complexity index is 593. The first-order chi connectivity index (χ1) is 11.6. The van der Waals surface area contributed by atoms with E-state index in [0.717, 1.165) is 36.9 Å². The fourth-order valence-electron chi connectivity index (χ4n) is 3.74. The largest absolute Gasteiger partial charge is 0.391 e. The number of anilines is 1. The number of aliphatic hydroxyl groups excluding tert-OH is 1. The van der Waals surface area contributed by atoms with E-state index in [4.69, 9.17) is 0 Å². The molecule has 5 nitrogen and oxygen atoms in total. The van der Waals surface area contributed by atoms with E-state index in [2.05, 4.69) is 5.32 Å². The highest BCUT2D eigenvalue weighted by atomic mass is 16.3.